The van der Waals surface area contributed by atoms with Gasteiger partial charge < -0.3 is 19.7 Å². The third-order valence-corrected chi connectivity index (χ3v) is 10.2. The van der Waals surface area contributed by atoms with Crippen LogP contribution in [0.2, 0.25) is 0 Å². The van der Waals surface area contributed by atoms with Crippen LogP contribution in [0.4, 0.5) is 17.6 Å². The minimum absolute atomic E-state index is 0.121. The molecule has 5 rings (SSSR count). The normalized spacial score (nSPS) is 14.7. The second kappa shape index (κ2) is 12.3. The second-order valence-electron chi connectivity index (χ2n) is 11.5. The Kier molecular flexibility index (Phi) is 8.69. The number of hydrogen-bond donors (Lipinski definition) is 2. The molecule has 1 aliphatic heterocycles. The molecule has 0 aliphatic carbocycles. The standard InChI is InChI=1S/C29H39N9O4S/c1-19-20(2)35-36-26(19)34-27-22-14-25(43(39,40)29(3,4)5)24(15-23(22)32-18-33-27)42-13-7-8-37-9-11-38(12-10-37)28-30-16-21(41-6)17-31-28/h14-18H,7-13H2,1-6H3,(H2,32,33,34,35,36). The van der Waals surface area contributed by atoms with Gasteiger partial charge in [-0.05, 0) is 47.1 Å². The molecular formula is C29H39N9O4S. The molecule has 0 atom stereocenters. The number of ether oxygens (including phenoxy) is 2. The first-order valence-electron chi connectivity index (χ1n) is 14.3. The lowest BCUT2D eigenvalue weighted by Crippen LogP contribution is -2.47. The van der Waals surface area contributed by atoms with Crippen LogP contribution >= 0.6 is 0 Å². The van der Waals surface area contributed by atoms with Crippen LogP contribution in [0.5, 0.6) is 11.5 Å². The molecule has 43 heavy (non-hydrogen) atoms. The van der Waals surface area contributed by atoms with Crippen LogP contribution in [0.15, 0.2) is 35.7 Å². The molecule has 0 bridgehead atoms. The number of sulfone groups is 1. The largest absolute Gasteiger partial charge is 0.494 e. The maximum absolute atomic E-state index is 13.7. The van der Waals surface area contributed by atoms with E-state index in [1.54, 1.807) is 52.4 Å². The number of nitrogens with zero attached hydrogens (tertiary/aromatic N) is 7. The van der Waals surface area contributed by atoms with Gasteiger partial charge in [0.25, 0.3) is 0 Å². The maximum Gasteiger partial charge on any atom is 0.225 e. The van der Waals surface area contributed by atoms with E-state index >= 15 is 0 Å². The van der Waals surface area contributed by atoms with Crippen LogP contribution in [0, 0.1) is 13.8 Å². The number of methoxy groups -OCH3 is 1. The highest BCUT2D eigenvalue weighted by molar-refractivity contribution is 7.92. The highest BCUT2D eigenvalue weighted by Gasteiger charge is 2.34. The van der Waals surface area contributed by atoms with Gasteiger partial charge in [-0.2, -0.15) is 5.10 Å². The zero-order chi connectivity index (χ0) is 30.8. The molecule has 1 aliphatic rings. The van der Waals surface area contributed by atoms with Crippen LogP contribution in [-0.2, 0) is 9.84 Å². The lowest BCUT2D eigenvalue weighted by molar-refractivity contribution is 0.222. The lowest BCUT2D eigenvalue weighted by atomic mass is 10.2. The Bertz CT molecular complexity index is 1680. The Morgan fingerprint density at radius 2 is 1.74 bits per heavy atom. The molecular weight excluding hydrogens is 570 g/mol. The number of aryl methyl sites for hydroxylation is 1. The third-order valence-electron chi connectivity index (χ3n) is 7.67. The van der Waals surface area contributed by atoms with E-state index in [0.717, 1.165) is 50.4 Å². The molecule has 4 aromatic rings. The molecule has 0 amide bonds. The number of H-pyrrole nitrogens is 1. The van der Waals surface area contributed by atoms with Crippen LogP contribution in [0.1, 0.15) is 38.4 Å². The summed E-state index contributed by atoms with van der Waals surface area (Å²) in [5.74, 6) is 2.80. The predicted octanol–water partition coefficient (Wildman–Crippen LogP) is 3.68. The Morgan fingerprint density at radius 3 is 2.37 bits per heavy atom. The van der Waals surface area contributed by atoms with E-state index in [0.29, 0.717) is 46.6 Å². The second-order valence-corrected chi connectivity index (χ2v) is 14.2. The van der Waals surface area contributed by atoms with Gasteiger partial charge in [-0.25, -0.2) is 28.4 Å². The summed E-state index contributed by atoms with van der Waals surface area (Å²) in [6, 6.07) is 3.31. The summed E-state index contributed by atoms with van der Waals surface area (Å²) in [6.07, 6.45) is 5.54. The molecule has 1 fully saturated rings. The van der Waals surface area contributed by atoms with Crippen molar-refractivity contribution in [2.75, 3.05) is 56.7 Å². The van der Waals surface area contributed by atoms with E-state index in [4.69, 9.17) is 9.47 Å². The highest BCUT2D eigenvalue weighted by atomic mass is 32.2. The van der Waals surface area contributed by atoms with Gasteiger partial charge in [0.05, 0.1) is 42.1 Å². The first-order valence-corrected chi connectivity index (χ1v) is 15.7. The first kappa shape index (κ1) is 30.4. The SMILES string of the molecule is COc1cnc(N2CCN(CCCOc3cc4ncnc(Nc5[nH]nc(C)c5C)c4cc3S(=O)(=O)C(C)(C)C)CC2)nc1. The van der Waals surface area contributed by atoms with E-state index in [1.165, 1.54) is 6.33 Å². The summed E-state index contributed by atoms with van der Waals surface area (Å²) in [5.41, 5.74) is 2.39. The van der Waals surface area contributed by atoms with Crippen LogP contribution in [0.3, 0.4) is 0 Å². The van der Waals surface area contributed by atoms with Gasteiger partial charge in [-0.15, -0.1) is 0 Å². The summed E-state index contributed by atoms with van der Waals surface area (Å²) in [4.78, 5) is 22.2. The topological polar surface area (TPSA) is 151 Å². The van der Waals surface area contributed by atoms with Gasteiger partial charge in [0.2, 0.25) is 5.95 Å². The van der Waals surface area contributed by atoms with E-state index in [1.807, 2.05) is 13.8 Å². The molecule has 0 spiro atoms. The van der Waals surface area contributed by atoms with Crippen molar-refractivity contribution >= 4 is 38.3 Å². The predicted molar refractivity (Wildman–Crippen MR) is 165 cm³/mol. The molecule has 4 heterocycles. The molecule has 2 N–H and O–H groups in total. The van der Waals surface area contributed by atoms with Crippen molar-refractivity contribution in [1.29, 1.82) is 0 Å². The van der Waals surface area contributed by atoms with Gasteiger partial charge >= 0.3 is 0 Å². The summed E-state index contributed by atoms with van der Waals surface area (Å²) < 4.78 is 37.7. The van der Waals surface area contributed by atoms with Crippen molar-refractivity contribution in [3.05, 3.63) is 42.1 Å². The van der Waals surface area contributed by atoms with Gasteiger partial charge in [0.1, 0.15) is 28.6 Å². The third kappa shape index (κ3) is 6.49. The number of piperazine rings is 1. The van der Waals surface area contributed by atoms with Crippen molar-refractivity contribution < 1.29 is 17.9 Å². The van der Waals surface area contributed by atoms with Crippen molar-refractivity contribution in [1.82, 2.24) is 35.0 Å². The van der Waals surface area contributed by atoms with E-state index in [-0.39, 0.29) is 4.90 Å². The van der Waals surface area contributed by atoms with Crippen LogP contribution in [-0.4, -0.2) is 94.6 Å². The summed E-state index contributed by atoms with van der Waals surface area (Å²) >= 11 is 0. The maximum atomic E-state index is 13.7. The molecule has 1 aromatic carbocycles. The van der Waals surface area contributed by atoms with Crippen molar-refractivity contribution in [3.63, 3.8) is 0 Å². The Morgan fingerprint density at radius 1 is 1.02 bits per heavy atom. The van der Waals surface area contributed by atoms with Gasteiger partial charge in [0, 0.05) is 49.7 Å². The summed E-state index contributed by atoms with van der Waals surface area (Å²) in [6.45, 7) is 13.5. The zero-order valence-corrected chi connectivity index (χ0v) is 26.3. The number of nitrogens with one attached hydrogen (secondary N) is 2. The molecule has 0 saturated carbocycles. The smallest absolute Gasteiger partial charge is 0.225 e. The molecule has 14 heteroatoms. The van der Waals surface area contributed by atoms with Crippen molar-refractivity contribution in [2.24, 2.45) is 0 Å². The average Bonchev–Trinajstić information content (AvgIpc) is 3.31. The number of benzene rings is 1. The molecule has 1 saturated heterocycles. The number of hydrogen-bond acceptors (Lipinski definition) is 12. The lowest BCUT2D eigenvalue weighted by Gasteiger charge is -2.34. The monoisotopic (exact) mass is 609 g/mol. The number of anilines is 3. The number of rotatable bonds is 10. The van der Waals surface area contributed by atoms with Crippen molar-refractivity contribution in [2.45, 2.75) is 50.7 Å². The Labute approximate surface area is 252 Å². The number of aromatic amines is 1. The number of fused-ring (bicyclic) bond motifs is 1. The molecule has 3 aromatic heterocycles. The first-order chi connectivity index (χ1) is 20.5. The van der Waals surface area contributed by atoms with Crippen molar-refractivity contribution in [3.8, 4) is 11.5 Å². The Hall–Kier alpha value is -4.04. The molecule has 230 valence electrons. The zero-order valence-electron chi connectivity index (χ0n) is 25.5. The van der Waals surface area contributed by atoms with Crippen LogP contribution < -0.4 is 19.7 Å². The summed E-state index contributed by atoms with van der Waals surface area (Å²) in [5, 5.41) is 11.0. The highest BCUT2D eigenvalue weighted by Crippen LogP contribution is 2.37. The van der Waals surface area contributed by atoms with Crippen LogP contribution in [0.25, 0.3) is 10.9 Å². The minimum Gasteiger partial charge on any atom is -0.494 e. The Balaban J connectivity index is 1.28. The van der Waals surface area contributed by atoms with E-state index < -0.39 is 14.6 Å². The quantitative estimate of drug-likeness (QED) is 0.252. The summed E-state index contributed by atoms with van der Waals surface area (Å²) in [7, 11) is -2.16. The van der Waals surface area contributed by atoms with E-state index in [2.05, 4.69) is 45.2 Å². The molecule has 0 radical (unpaired) electrons. The molecule has 0 unspecified atom stereocenters. The van der Waals surface area contributed by atoms with Gasteiger partial charge in [-0.3, -0.25) is 10.00 Å². The molecule has 13 nitrogen and oxygen atoms in total. The fraction of sp³-hybridized carbons (Fsp3) is 0.483. The minimum atomic E-state index is -3.75. The average molecular weight is 610 g/mol. The fourth-order valence-corrected chi connectivity index (χ4v) is 6.08. The fourth-order valence-electron chi connectivity index (χ4n) is 4.76. The van der Waals surface area contributed by atoms with Gasteiger partial charge in [-0.1, -0.05) is 0 Å². The van der Waals surface area contributed by atoms with E-state index in [9.17, 15) is 8.42 Å². The number of aromatic nitrogens is 6. The van der Waals surface area contributed by atoms with Gasteiger partial charge in [0.15, 0.2) is 15.6 Å².